The lowest BCUT2D eigenvalue weighted by Gasteiger charge is -2.28. The van der Waals surface area contributed by atoms with Crippen molar-refractivity contribution >= 4 is 34.9 Å². The van der Waals surface area contributed by atoms with Crippen molar-refractivity contribution < 1.29 is 19.8 Å². The van der Waals surface area contributed by atoms with Crippen molar-refractivity contribution in [2.75, 3.05) is 29.9 Å². The van der Waals surface area contributed by atoms with E-state index < -0.39 is 18.0 Å². The number of carboxylic acid groups (broad SMARTS) is 1. The summed E-state index contributed by atoms with van der Waals surface area (Å²) >= 11 is 5.98. The zero-order chi connectivity index (χ0) is 19.3. The maximum atomic E-state index is 12.6. The first-order valence-corrected chi connectivity index (χ1v) is 8.52. The summed E-state index contributed by atoms with van der Waals surface area (Å²) in [5, 5.41) is 19.9. The predicted molar refractivity (Wildman–Crippen MR) is 102 cm³/mol. The average molecular weight is 377 g/mol. The number of rotatable bonds is 7. The number of hydrogen-bond donors (Lipinski definition) is 2. The quantitative estimate of drug-likeness (QED) is 0.776. The Hall–Kier alpha value is -2.57. The van der Waals surface area contributed by atoms with Gasteiger partial charge in [-0.3, -0.25) is 4.79 Å². The van der Waals surface area contributed by atoms with Crippen molar-refractivity contribution in [3.63, 3.8) is 0 Å². The second kappa shape index (κ2) is 8.69. The third-order valence-electron chi connectivity index (χ3n) is 4.00. The van der Waals surface area contributed by atoms with Crippen molar-refractivity contribution in [2.45, 2.75) is 13.0 Å². The highest BCUT2D eigenvalue weighted by Gasteiger charge is 2.25. The minimum atomic E-state index is -1.32. The van der Waals surface area contributed by atoms with Crippen LogP contribution < -0.4 is 9.80 Å². The summed E-state index contributed by atoms with van der Waals surface area (Å²) in [4.78, 5) is 27.1. The lowest BCUT2D eigenvalue weighted by molar-refractivity contribution is -0.126. The number of benzene rings is 2. The number of hydrogen-bond acceptors (Lipinski definition) is 4. The number of aromatic carboxylic acids is 1. The third-order valence-corrected chi connectivity index (χ3v) is 4.31. The fourth-order valence-corrected chi connectivity index (χ4v) is 2.98. The summed E-state index contributed by atoms with van der Waals surface area (Å²) < 4.78 is 0. The molecule has 0 aliphatic carbocycles. The van der Waals surface area contributed by atoms with Crippen LogP contribution in [0.15, 0.2) is 48.5 Å². The summed E-state index contributed by atoms with van der Waals surface area (Å²) in [5.41, 5.74) is 0.960. The molecule has 0 fully saturated rings. The van der Waals surface area contributed by atoms with Crippen molar-refractivity contribution in [3.8, 4) is 0 Å². The molecule has 0 saturated carbocycles. The van der Waals surface area contributed by atoms with E-state index in [1.807, 2.05) is 25.1 Å². The first-order valence-electron chi connectivity index (χ1n) is 8.14. The fourth-order valence-electron chi connectivity index (χ4n) is 2.73. The zero-order valence-corrected chi connectivity index (χ0v) is 15.3. The van der Waals surface area contributed by atoms with Gasteiger partial charge in [0.15, 0.2) is 6.10 Å². The molecule has 6 nitrogen and oxygen atoms in total. The van der Waals surface area contributed by atoms with Crippen molar-refractivity contribution in [1.82, 2.24) is 0 Å². The van der Waals surface area contributed by atoms with Crippen LogP contribution in [0.1, 0.15) is 17.3 Å². The van der Waals surface area contributed by atoms with E-state index in [1.165, 1.54) is 15.9 Å². The average Bonchev–Trinajstić information content (AvgIpc) is 2.62. The molecule has 1 amide bonds. The van der Waals surface area contributed by atoms with E-state index >= 15 is 0 Å². The Balaban J connectivity index is 2.19. The van der Waals surface area contributed by atoms with Crippen LogP contribution in [0.25, 0.3) is 0 Å². The number of carbonyl (C=O) groups excluding carboxylic acids is 1. The Morgan fingerprint density at radius 2 is 1.77 bits per heavy atom. The Labute approximate surface area is 157 Å². The number of amides is 1. The highest BCUT2D eigenvalue weighted by Crippen LogP contribution is 2.27. The van der Waals surface area contributed by atoms with Crippen molar-refractivity contribution in [1.29, 1.82) is 0 Å². The molecular weight excluding hydrogens is 356 g/mol. The fraction of sp³-hybridized carbons (Fsp3) is 0.263. The second-order valence-corrected chi connectivity index (χ2v) is 6.16. The molecule has 7 heteroatoms. The maximum absolute atomic E-state index is 12.6. The van der Waals surface area contributed by atoms with Crippen molar-refractivity contribution in [3.05, 3.63) is 59.1 Å². The van der Waals surface area contributed by atoms with Gasteiger partial charge in [0.25, 0.3) is 5.91 Å². The molecule has 0 aliphatic rings. The number of aliphatic hydroxyl groups excluding tert-OH is 1. The van der Waals surface area contributed by atoms with Crippen LogP contribution >= 0.6 is 11.6 Å². The van der Waals surface area contributed by atoms with E-state index in [-0.39, 0.29) is 17.1 Å². The van der Waals surface area contributed by atoms with E-state index in [0.717, 1.165) is 0 Å². The number of nitrogens with zero attached hydrogens (tertiary/aromatic N) is 2. The van der Waals surface area contributed by atoms with E-state index in [2.05, 4.69) is 0 Å². The van der Waals surface area contributed by atoms with Gasteiger partial charge >= 0.3 is 5.97 Å². The zero-order valence-electron chi connectivity index (χ0n) is 14.6. The van der Waals surface area contributed by atoms with Gasteiger partial charge in [-0.05, 0) is 31.2 Å². The molecule has 138 valence electrons. The molecule has 0 saturated heterocycles. The minimum Gasteiger partial charge on any atom is -0.478 e. The first kappa shape index (κ1) is 19.8. The van der Waals surface area contributed by atoms with Gasteiger partial charge in [-0.25, -0.2) is 4.79 Å². The normalized spacial score (nSPS) is 11.7. The number of anilines is 2. The van der Waals surface area contributed by atoms with Crippen molar-refractivity contribution in [2.24, 2.45) is 0 Å². The Kier molecular flexibility index (Phi) is 6.60. The van der Waals surface area contributed by atoms with Gasteiger partial charge in [-0.2, -0.15) is 0 Å². The number of carboxylic acids is 1. The summed E-state index contributed by atoms with van der Waals surface area (Å²) in [6.07, 6.45) is -1.32. The van der Waals surface area contributed by atoms with E-state index in [9.17, 15) is 19.8 Å². The lowest BCUT2D eigenvalue weighted by Crippen LogP contribution is -2.44. The highest BCUT2D eigenvalue weighted by atomic mass is 35.5. The van der Waals surface area contributed by atoms with Gasteiger partial charge in [0.05, 0.1) is 17.3 Å². The third kappa shape index (κ3) is 4.33. The highest BCUT2D eigenvalue weighted by molar-refractivity contribution is 6.34. The second-order valence-electron chi connectivity index (χ2n) is 5.75. The molecule has 2 N–H and O–H groups in total. The molecule has 0 radical (unpaired) electrons. The summed E-state index contributed by atoms with van der Waals surface area (Å²) in [6, 6.07) is 13.7. The summed E-state index contributed by atoms with van der Waals surface area (Å²) in [7, 11) is 1.60. The molecule has 0 spiro atoms. The summed E-state index contributed by atoms with van der Waals surface area (Å²) in [6.45, 7) is 2.16. The van der Waals surface area contributed by atoms with Gasteiger partial charge in [-0.1, -0.05) is 35.9 Å². The molecule has 1 unspecified atom stereocenters. The molecule has 0 aromatic heterocycles. The van der Waals surface area contributed by atoms with Crippen LogP contribution in [-0.4, -0.2) is 48.3 Å². The van der Waals surface area contributed by atoms with Gasteiger partial charge in [-0.15, -0.1) is 0 Å². The molecule has 0 bridgehead atoms. The molecule has 0 aliphatic heterocycles. The monoisotopic (exact) mass is 376 g/mol. The Morgan fingerprint density at radius 1 is 1.12 bits per heavy atom. The molecule has 2 aromatic carbocycles. The van der Waals surface area contributed by atoms with E-state index in [4.69, 9.17) is 11.6 Å². The number of aliphatic hydroxyl groups is 1. The van der Waals surface area contributed by atoms with E-state index in [0.29, 0.717) is 17.9 Å². The van der Waals surface area contributed by atoms with Gasteiger partial charge in [0.1, 0.15) is 5.56 Å². The Morgan fingerprint density at radius 3 is 2.35 bits per heavy atom. The SMILES string of the molecule is CCN(C(=O)C(O)CN(C)c1cccc(Cl)c1C(=O)O)c1ccccc1. The maximum Gasteiger partial charge on any atom is 0.339 e. The number of likely N-dealkylation sites (N-methyl/N-ethyl adjacent to an activating group) is 2. The topological polar surface area (TPSA) is 81.1 Å². The summed E-state index contributed by atoms with van der Waals surface area (Å²) in [5.74, 6) is -1.62. The van der Waals surface area contributed by atoms with Crippen LogP contribution in [0.5, 0.6) is 0 Å². The molecule has 0 heterocycles. The van der Waals surface area contributed by atoms with Crippen LogP contribution in [0.3, 0.4) is 0 Å². The smallest absolute Gasteiger partial charge is 0.339 e. The van der Waals surface area contributed by atoms with Gasteiger partial charge < -0.3 is 20.0 Å². The van der Waals surface area contributed by atoms with Crippen LogP contribution in [0, 0.1) is 0 Å². The molecule has 2 aromatic rings. The van der Waals surface area contributed by atoms with Crippen LogP contribution in [0.4, 0.5) is 11.4 Å². The molecule has 26 heavy (non-hydrogen) atoms. The van der Waals surface area contributed by atoms with Crippen LogP contribution in [0.2, 0.25) is 5.02 Å². The predicted octanol–water partition coefficient (Wildman–Crippen LogP) is 2.89. The Bertz CT molecular complexity index is 782. The number of para-hydroxylation sites is 1. The number of halogens is 1. The lowest BCUT2D eigenvalue weighted by atomic mass is 10.1. The first-order chi connectivity index (χ1) is 12.4. The molecule has 2 rings (SSSR count). The molecule has 1 atom stereocenters. The van der Waals surface area contributed by atoms with Gasteiger partial charge in [0, 0.05) is 19.3 Å². The largest absolute Gasteiger partial charge is 0.478 e. The minimum absolute atomic E-state index is 0.0632. The standard InChI is InChI=1S/C19H21ClN2O4/c1-3-22(13-8-5-4-6-9-13)18(24)16(23)12-21(2)15-11-7-10-14(20)17(15)19(25)26/h4-11,16,23H,3,12H2,1-2H3,(H,25,26). The van der Waals surface area contributed by atoms with Gasteiger partial charge in [0.2, 0.25) is 0 Å². The van der Waals surface area contributed by atoms with E-state index in [1.54, 1.807) is 31.3 Å². The van der Waals surface area contributed by atoms with Crippen LogP contribution in [-0.2, 0) is 4.79 Å². The molecular formula is C19H21ClN2O4. The number of carbonyl (C=O) groups is 2.